The Balaban J connectivity index is 2.35. The molecule has 2 rings (SSSR count). The van der Waals surface area contributed by atoms with Gasteiger partial charge in [0, 0.05) is 12.6 Å². The SMILES string of the molecule is COc1cccc(OC)c1C1(O)CCCN(C(C)C)CC1. The molecular formula is C17H27NO3. The summed E-state index contributed by atoms with van der Waals surface area (Å²) in [5, 5.41) is 11.3. The largest absolute Gasteiger partial charge is 0.496 e. The first-order valence-electron chi connectivity index (χ1n) is 7.69. The standard InChI is InChI=1S/C17H27NO3/c1-13(2)18-11-6-9-17(19,10-12-18)16-14(20-3)7-5-8-15(16)21-4/h5,7-8,13,19H,6,9-12H2,1-4H3. The highest BCUT2D eigenvalue weighted by molar-refractivity contribution is 5.48. The van der Waals surface area contributed by atoms with Gasteiger partial charge in [0.2, 0.25) is 0 Å². The van der Waals surface area contributed by atoms with Gasteiger partial charge in [-0.1, -0.05) is 6.07 Å². The Labute approximate surface area is 127 Å². The maximum atomic E-state index is 11.3. The second kappa shape index (κ2) is 6.67. The zero-order valence-corrected chi connectivity index (χ0v) is 13.6. The summed E-state index contributed by atoms with van der Waals surface area (Å²) < 4.78 is 10.9. The Morgan fingerprint density at radius 2 is 1.71 bits per heavy atom. The molecule has 1 fully saturated rings. The first-order valence-corrected chi connectivity index (χ1v) is 7.69. The summed E-state index contributed by atoms with van der Waals surface area (Å²) in [5.41, 5.74) is -0.0951. The second-order valence-corrected chi connectivity index (χ2v) is 6.05. The molecule has 21 heavy (non-hydrogen) atoms. The summed E-state index contributed by atoms with van der Waals surface area (Å²) in [7, 11) is 3.28. The topological polar surface area (TPSA) is 41.9 Å². The van der Waals surface area contributed by atoms with Gasteiger partial charge < -0.3 is 19.5 Å². The highest BCUT2D eigenvalue weighted by Gasteiger charge is 2.37. The zero-order valence-electron chi connectivity index (χ0n) is 13.6. The average Bonchev–Trinajstić information content (AvgIpc) is 2.69. The molecule has 1 atom stereocenters. The van der Waals surface area contributed by atoms with Crippen LogP contribution in [-0.2, 0) is 5.60 Å². The summed E-state index contributed by atoms with van der Waals surface area (Å²) in [6.45, 7) is 6.31. The predicted octanol–water partition coefficient (Wildman–Crippen LogP) is 2.79. The lowest BCUT2D eigenvalue weighted by Crippen LogP contribution is -2.33. The quantitative estimate of drug-likeness (QED) is 0.927. The van der Waals surface area contributed by atoms with Gasteiger partial charge >= 0.3 is 0 Å². The molecule has 0 spiro atoms. The smallest absolute Gasteiger partial charge is 0.128 e. The second-order valence-electron chi connectivity index (χ2n) is 6.05. The number of benzene rings is 1. The monoisotopic (exact) mass is 293 g/mol. The van der Waals surface area contributed by atoms with Crippen LogP contribution in [0.3, 0.4) is 0 Å². The lowest BCUT2D eigenvalue weighted by molar-refractivity contribution is 0.0160. The molecular weight excluding hydrogens is 266 g/mol. The first kappa shape index (κ1) is 16.1. The molecule has 0 aromatic heterocycles. The van der Waals surface area contributed by atoms with Gasteiger partial charge in [0.25, 0.3) is 0 Å². The summed E-state index contributed by atoms with van der Waals surface area (Å²) in [6, 6.07) is 6.18. The molecule has 1 aliphatic heterocycles. The first-order chi connectivity index (χ1) is 10.0. The molecule has 0 radical (unpaired) electrons. The van der Waals surface area contributed by atoms with Crippen molar-refractivity contribution in [2.75, 3.05) is 27.3 Å². The van der Waals surface area contributed by atoms with Gasteiger partial charge in [-0.3, -0.25) is 0 Å². The molecule has 1 N–H and O–H groups in total. The van der Waals surface area contributed by atoms with Crippen LogP contribution in [0.2, 0.25) is 0 Å². The lowest BCUT2D eigenvalue weighted by atomic mass is 9.85. The van der Waals surface area contributed by atoms with Crippen molar-refractivity contribution in [1.29, 1.82) is 0 Å². The van der Waals surface area contributed by atoms with Gasteiger partial charge in [0.15, 0.2) is 0 Å². The number of methoxy groups -OCH3 is 2. The van der Waals surface area contributed by atoms with E-state index in [1.807, 2.05) is 18.2 Å². The van der Waals surface area contributed by atoms with Gasteiger partial charge in [0.05, 0.1) is 25.4 Å². The van der Waals surface area contributed by atoms with Gasteiger partial charge in [-0.15, -0.1) is 0 Å². The molecule has 1 aliphatic rings. The van der Waals surface area contributed by atoms with E-state index in [9.17, 15) is 5.11 Å². The van der Waals surface area contributed by atoms with Crippen LogP contribution in [0.4, 0.5) is 0 Å². The molecule has 4 heteroatoms. The summed E-state index contributed by atoms with van der Waals surface area (Å²) in [4.78, 5) is 2.42. The maximum absolute atomic E-state index is 11.3. The van der Waals surface area contributed by atoms with Crippen molar-refractivity contribution in [1.82, 2.24) is 4.90 Å². The van der Waals surface area contributed by atoms with Crippen LogP contribution in [-0.4, -0.2) is 43.4 Å². The Morgan fingerprint density at radius 1 is 1.10 bits per heavy atom. The van der Waals surface area contributed by atoms with Crippen molar-refractivity contribution < 1.29 is 14.6 Å². The predicted molar refractivity (Wildman–Crippen MR) is 84.0 cm³/mol. The molecule has 0 aliphatic carbocycles. The molecule has 1 saturated heterocycles. The van der Waals surface area contributed by atoms with E-state index < -0.39 is 5.60 Å². The van der Waals surface area contributed by atoms with Gasteiger partial charge in [-0.2, -0.15) is 0 Å². The van der Waals surface area contributed by atoms with Crippen molar-refractivity contribution in [3.8, 4) is 11.5 Å². The Kier molecular flexibility index (Phi) is 5.12. The molecule has 118 valence electrons. The molecule has 1 unspecified atom stereocenters. The highest BCUT2D eigenvalue weighted by atomic mass is 16.5. The summed E-state index contributed by atoms with van der Waals surface area (Å²) in [6.07, 6.45) is 2.39. The fourth-order valence-corrected chi connectivity index (χ4v) is 3.22. The lowest BCUT2D eigenvalue weighted by Gasteiger charge is -2.31. The number of ether oxygens (including phenoxy) is 2. The number of nitrogens with zero attached hydrogens (tertiary/aromatic N) is 1. The highest BCUT2D eigenvalue weighted by Crippen LogP contribution is 2.43. The molecule has 1 heterocycles. The third kappa shape index (κ3) is 3.33. The molecule has 0 amide bonds. The minimum Gasteiger partial charge on any atom is -0.496 e. The normalized spacial score (nSPS) is 23.9. The van der Waals surface area contributed by atoms with Gasteiger partial charge in [0.1, 0.15) is 11.5 Å². The number of rotatable bonds is 4. The van der Waals surface area contributed by atoms with Crippen LogP contribution in [0.5, 0.6) is 11.5 Å². The van der Waals surface area contributed by atoms with E-state index in [-0.39, 0.29) is 0 Å². The van der Waals surface area contributed by atoms with E-state index in [1.54, 1.807) is 14.2 Å². The van der Waals surface area contributed by atoms with Crippen LogP contribution in [0.1, 0.15) is 38.7 Å². The molecule has 0 bridgehead atoms. The summed E-state index contributed by atoms with van der Waals surface area (Å²) in [5.74, 6) is 1.41. The average molecular weight is 293 g/mol. The number of hydrogen-bond donors (Lipinski definition) is 1. The minimum absolute atomic E-state index is 0.506. The van der Waals surface area contributed by atoms with E-state index in [0.717, 1.165) is 31.5 Å². The molecule has 4 nitrogen and oxygen atoms in total. The fraction of sp³-hybridized carbons (Fsp3) is 0.647. The number of hydrogen-bond acceptors (Lipinski definition) is 4. The van der Waals surface area contributed by atoms with E-state index in [1.165, 1.54) is 0 Å². The van der Waals surface area contributed by atoms with E-state index in [2.05, 4.69) is 18.7 Å². The van der Waals surface area contributed by atoms with Crippen LogP contribution in [0.25, 0.3) is 0 Å². The minimum atomic E-state index is -0.887. The van der Waals surface area contributed by atoms with Crippen LogP contribution < -0.4 is 9.47 Å². The van der Waals surface area contributed by atoms with Crippen LogP contribution in [0, 0.1) is 0 Å². The van der Waals surface area contributed by atoms with Gasteiger partial charge in [-0.25, -0.2) is 0 Å². The Hall–Kier alpha value is -1.26. The fourth-order valence-electron chi connectivity index (χ4n) is 3.22. The van der Waals surface area contributed by atoms with Crippen molar-refractivity contribution in [3.63, 3.8) is 0 Å². The van der Waals surface area contributed by atoms with Crippen LogP contribution in [0.15, 0.2) is 18.2 Å². The van der Waals surface area contributed by atoms with Crippen molar-refractivity contribution >= 4 is 0 Å². The van der Waals surface area contributed by atoms with Crippen molar-refractivity contribution in [2.24, 2.45) is 0 Å². The van der Waals surface area contributed by atoms with Crippen molar-refractivity contribution in [3.05, 3.63) is 23.8 Å². The summed E-state index contributed by atoms with van der Waals surface area (Å²) >= 11 is 0. The molecule has 1 aromatic rings. The van der Waals surface area contributed by atoms with Crippen LogP contribution >= 0.6 is 0 Å². The van der Waals surface area contributed by atoms with E-state index in [4.69, 9.17) is 9.47 Å². The molecule has 0 saturated carbocycles. The zero-order chi connectivity index (χ0) is 15.5. The maximum Gasteiger partial charge on any atom is 0.128 e. The molecule has 1 aromatic carbocycles. The Bertz CT molecular complexity index is 453. The third-order valence-electron chi connectivity index (χ3n) is 4.47. The third-order valence-corrected chi connectivity index (χ3v) is 4.47. The number of aliphatic hydroxyl groups is 1. The van der Waals surface area contributed by atoms with E-state index >= 15 is 0 Å². The van der Waals surface area contributed by atoms with E-state index in [0.29, 0.717) is 24.0 Å². The number of likely N-dealkylation sites (tertiary alicyclic amines) is 1. The Morgan fingerprint density at radius 3 is 2.24 bits per heavy atom. The van der Waals surface area contributed by atoms with Gasteiger partial charge in [-0.05, 0) is 51.8 Å². The van der Waals surface area contributed by atoms with Crippen molar-refractivity contribution in [2.45, 2.75) is 44.8 Å².